The Balaban J connectivity index is 1.82. The van der Waals surface area contributed by atoms with Gasteiger partial charge in [0.1, 0.15) is 18.5 Å². The topological polar surface area (TPSA) is 60.7 Å². The summed E-state index contributed by atoms with van der Waals surface area (Å²) in [6.07, 6.45) is 3.56. The zero-order chi connectivity index (χ0) is 18.2. The van der Waals surface area contributed by atoms with Gasteiger partial charge in [0.15, 0.2) is 0 Å². The molecule has 1 N–H and O–H groups in total. The van der Waals surface area contributed by atoms with E-state index in [-0.39, 0.29) is 35.5 Å². The molecule has 0 aromatic carbocycles. The summed E-state index contributed by atoms with van der Waals surface area (Å²) in [6, 6.07) is 3.93. The Morgan fingerprint density at radius 1 is 1.44 bits per heavy atom. The number of hydrogen-bond donors (Lipinski definition) is 1. The number of carbonyl (C=O) groups excluding carboxylic acids is 1. The predicted octanol–water partition coefficient (Wildman–Crippen LogP) is 4.32. The number of carbonyl (C=O) groups is 1. The second-order valence-electron chi connectivity index (χ2n) is 7.87. The molecule has 2 heterocycles. The van der Waals surface area contributed by atoms with Crippen LogP contribution in [-0.4, -0.2) is 25.3 Å². The maximum Gasteiger partial charge on any atom is 0.407 e. The first-order chi connectivity index (χ1) is 11.8. The Morgan fingerprint density at radius 2 is 2.20 bits per heavy atom. The van der Waals surface area contributed by atoms with Crippen LogP contribution in [0.15, 0.2) is 34.5 Å². The van der Waals surface area contributed by atoms with Gasteiger partial charge in [-0.2, -0.15) is 0 Å². The molecule has 25 heavy (non-hydrogen) atoms. The molecule has 3 rings (SSSR count). The maximum atomic E-state index is 12.0. The predicted molar refractivity (Wildman–Crippen MR) is 95.0 cm³/mol. The first-order valence-corrected chi connectivity index (χ1v) is 9.12. The fraction of sp³-hybridized carbons (Fsp3) is 0.650. The van der Waals surface area contributed by atoms with E-state index in [1.807, 2.05) is 26.0 Å². The van der Waals surface area contributed by atoms with Gasteiger partial charge in [-0.3, -0.25) is 0 Å². The van der Waals surface area contributed by atoms with Crippen molar-refractivity contribution in [2.45, 2.75) is 46.8 Å². The van der Waals surface area contributed by atoms with Crippen molar-refractivity contribution in [3.05, 3.63) is 35.8 Å². The van der Waals surface area contributed by atoms with E-state index in [9.17, 15) is 4.79 Å². The van der Waals surface area contributed by atoms with E-state index in [2.05, 4.69) is 32.2 Å². The number of rotatable bonds is 4. The number of fused-ring (bicyclic) bond motifs is 2. The highest BCUT2D eigenvalue weighted by Crippen LogP contribution is 2.56. The van der Waals surface area contributed by atoms with Crippen LogP contribution < -0.4 is 5.32 Å². The summed E-state index contributed by atoms with van der Waals surface area (Å²) in [6.45, 7) is 11.4. The monoisotopic (exact) mass is 347 g/mol. The number of hydrogen-bond acceptors (Lipinski definition) is 4. The van der Waals surface area contributed by atoms with Gasteiger partial charge in [0.2, 0.25) is 0 Å². The van der Waals surface area contributed by atoms with Crippen molar-refractivity contribution < 1.29 is 18.7 Å². The maximum absolute atomic E-state index is 12.0. The molecule has 2 aliphatic rings. The van der Waals surface area contributed by atoms with E-state index in [1.54, 1.807) is 6.26 Å². The van der Waals surface area contributed by atoms with Crippen LogP contribution in [0.25, 0.3) is 0 Å². The first kappa shape index (κ1) is 18.1. The van der Waals surface area contributed by atoms with E-state index in [4.69, 9.17) is 13.9 Å². The Kier molecular flexibility index (Phi) is 4.96. The molecule has 0 unspecified atom stereocenters. The van der Waals surface area contributed by atoms with Crippen LogP contribution in [0.4, 0.5) is 4.79 Å². The number of furan rings is 1. The minimum absolute atomic E-state index is 0.0621. The number of nitrogens with one attached hydrogen (secondary N) is 1. The smallest absolute Gasteiger partial charge is 0.407 e. The minimum atomic E-state index is -0.361. The van der Waals surface area contributed by atoms with Gasteiger partial charge in [0, 0.05) is 17.4 Å². The van der Waals surface area contributed by atoms with E-state index in [0.717, 1.165) is 5.76 Å². The van der Waals surface area contributed by atoms with E-state index in [0.29, 0.717) is 19.1 Å². The molecule has 0 saturated carbocycles. The van der Waals surface area contributed by atoms with Crippen LogP contribution in [0.5, 0.6) is 0 Å². The summed E-state index contributed by atoms with van der Waals surface area (Å²) in [5.41, 5.74) is 1.12. The highest BCUT2D eigenvalue weighted by molar-refractivity contribution is 5.67. The molecular formula is C20H29NO4. The third kappa shape index (κ3) is 3.22. The average molecular weight is 347 g/mol. The normalized spacial score (nSPS) is 34.6. The van der Waals surface area contributed by atoms with Gasteiger partial charge < -0.3 is 19.2 Å². The number of amides is 1. The standard InChI is InChI=1S/C20H29NO4/c1-12(2)21-19(22)25-11-20-10-24-18(16-7-6-8-23-16)17(15(20)5)13(3)9-14(20)4/h6-9,12,14-15,17-18H,10-11H2,1-5H3,(H,21,22)/t14-,15-,17-,18-,20-/m0/s1. The molecule has 5 heteroatoms. The molecule has 1 aliphatic heterocycles. The van der Waals surface area contributed by atoms with Crippen LogP contribution >= 0.6 is 0 Å². The van der Waals surface area contributed by atoms with Crippen LogP contribution in [0.2, 0.25) is 0 Å². The quantitative estimate of drug-likeness (QED) is 0.824. The fourth-order valence-corrected chi connectivity index (χ4v) is 4.44. The number of allylic oxidation sites excluding steroid dienone is 1. The first-order valence-electron chi connectivity index (χ1n) is 9.12. The Labute approximate surface area is 149 Å². The minimum Gasteiger partial charge on any atom is -0.467 e. The molecule has 5 atom stereocenters. The molecule has 0 radical (unpaired) electrons. The van der Waals surface area contributed by atoms with Gasteiger partial charge in [-0.15, -0.1) is 0 Å². The van der Waals surface area contributed by atoms with Crippen molar-refractivity contribution in [1.29, 1.82) is 0 Å². The van der Waals surface area contributed by atoms with Crippen LogP contribution in [0.3, 0.4) is 0 Å². The SMILES string of the molecule is CC1=C[C@H](C)[C@@]2(COC(=O)NC(C)C)CO[C@@H](c3ccco3)[C@@H]1[C@@H]2C. The van der Waals surface area contributed by atoms with Gasteiger partial charge in [0.25, 0.3) is 0 Å². The van der Waals surface area contributed by atoms with Gasteiger partial charge in [-0.25, -0.2) is 4.79 Å². The summed E-state index contributed by atoms with van der Waals surface area (Å²) in [5.74, 6) is 1.70. The second kappa shape index (κ2) is 6.87. The molecule has 1 aliphatic carbocycles. The summed E-state index contributed by atoms with van der Waals surface area (Å²) < 4.78 is 17.5. The summed E-state index contributed by atoms with van der Waals surface area (Å²) in [7, 11) is 0. The Morgan fingerprint density at radius 3 is 2.84 bits per heavy atom. The van der Waals surface area contributed by atoms with Crippen molar-refractivity contribution >= 4 is 6.09 Å². The van der Waals surface area contributed by atoms with Crippen LogP contribution in [0.1, 0.15) is 46.5 Å². The lowest BCUT2D eigenvalue weighted by Gasteiger charge is -2.54. The van der Waals surface area contributed by atoms with Crippen molar-refractivity contribution in [3.63, 3.8) is 0 Å². The van der Waals surface area contributed by atoms with Gasteiger partial charge in [-0.05, 0) is 44.7 Å². The van der Waals surface area contributed by atoms with Crippen molar-refractivity contribution in [2.75, 3.05) is 13.2 Å². The molecule has 2 bridgehead atoms. The van der Waals surface area contributed by atoms with E-state index in [1.165, 1.54) is 5.57 Å². The van der Waals surface area contributed by atoms with E-state index >= 15 is 0 Å². The summed E-state index contributed by atoms with van der Waals surface area (Å²) in [5, 5.41) is 2.79. The van der Waals surface area contributed by atoms with Crippen molar-refractivity contribution in [1.82, 2.24) is 5.32 Å². The molecule has 5 nitrogen and oxygen atoms in total. The number of ether oxygens (including phenoxy) is 2. The Hall–Kier alpha value is -1.75. The highest BCUT2D eigenvalue weighted by Gasteiger charge is 2.55. The lowest BCUT2D eigenvalue weighted by atomic mass is 9.56. The lowest BCUT2D eigenvalue weighted by molar-refractivity contribution is -0.170. The third-order valence-electron chi connectivity index (χ3n) is 5.95. The van der Waals surface area contributed by atoms with Crippen molar-refractivity contribution in [2.24, 2.45) is 23.2 Å². The van der Waals surface area contributed by atoms with Crippen LogP contribution in [-0.2, 0) is 9.47 Å². The third-order valence-corrected chi connectivity index (χ3v) is 5.95. The molecule has 1 saturated heterocycles. The van der Waals surface area contributed by atoms with Gasteiger partial charge >= 0.3 is 6.09 Å². The molecule has 1 aromatic rings. The molecular weight excluding hydrogens is 318 g/mol. The average Bonchev–Trinajstić information content (AvgIpc) is 3.05. The molecule has 1 fully saturated rings. The van der Waals surface area contributed by atoms with Gasteiger partial charge in [0.05, 0.1) is 12.9 Å². The summed E-state index contributed by atoms with van der Waals surface area (Å²) >= 11 is 0. The molecule has 138 valence electrons. The molecule has 1 amide bonds. The fourth-order valence-electron chi connectivity index (χ4n) is 4.44. The highest BCUT2D eigenvalue weighted by atomic mass is 16.6. The Bertz CT molecular complexity index is 636. The molecule has 0 spiro atoms. The van der Waals surface area contributed by atoms with Gasteiger partial charge in [-0.1, -0.05) is 25.5 Å². The van der Waals surface area contributed by atoms with Crippen molar-refractivity contribution in [3.8, 4) is 0 Å². The summed E-state index contributed by atoms with van der Waals surface area (Å²) in [4.78, 5) is 12.0. The second-order valence-corrected chi connectivity index (χ2v) is 7.87. The zero-order valence-corrected chi connectivity index (χ0v) is 15.7. The lowest BCUT2D eigenvalue weighted by Crippen LogP contribution is -2.54. The largest absolute Gasteiger partial charge is 0.467 e. The zero-order valence-electron chi connectivity index (χ0n) is 15.7. The number of alkyl carbamates (subject to hydrolysis) is 1. The van der Waals surface area contributed by atoms with Crippen LogP contribution in [0, 0.1) is 23.2 Å². The molecule has 1 aromatic heterocycles. The van der Waals surface area contributed by atoms with E-state index < -0.39 is 0 Å².